The molecule has 0 aliphatic rings. The predicted molar refractivity (Wildman–Crippen MR) is 89.0 cm³/mol. The van der Waals surface area contributed by atoms with Crippen LogP contribution in [-0.4, -0.2) is 23.9 Å². The molecule has 1 atom stereocenters. The van der Waals surface area contributed by atoms with Crippen molar-refractivity contribution in [3.8, 4) is 5.75 Å². The first kappa shape index (κ1) is 15.9. The number of pyridine rings is 1. The van der Waals surface area contributed by atoms with Crippen molar-refractivity contribution in [1.29, 1.82) is 0 Å². The third kappa shape index (κ3) is 4.76. The molecule has 0 bridgehead atoms. The van der Waals surface area contributed by atoms with Gasteiger partial charge in [-0.05, 0) is 31.7 Å². The van der Waals surface area contributed by atoms with Crippen LogP contribution < -0.4 is 10.1 Å². The molecule has 2 rings (SSSR count). The summed E-state index contributed by atoms with van der Waals surface area (Å²) in [5, 5.41) is 3.55. The minimum absolute atomic E-state index is 0.274. The maximum atomic E-state index is 5.76. The summed E-state index contributed by atoms with van der Waals surface area (Å²) in [4.78, 5) is 5.29. The Morgan fingerprint density at radius 1 is 1.14 bits per heavy atom. The van der Waals surface area contributed by atoms with E-state index in [-0.39, 0.29) is 6.04 Å². The predicted octanol–water partition coefficient (Wildman–Crippen LogP) is 3.92. The molecule has 0 fully saturated rings. The first-order valence-electron chi connectivity index (χ1n) is 7.33. The van der Waals surface area contributed by atoms with Crippen molar-refractivity contribution in [2.75, 3.05) is 18.9 Å². The van der Waals surface area contributed by atoms with Crippen molar-refractivity contribution in [2.24, 2.45) is 0 Å². The summed E-state index contributed by atoms with van der Waals surface area (Å²) in [6.45, 7) is 5.77. The van der Waals surface area contributed by atoms with E-state index in [1.54, 1.807) is 0 Å². The zero-order valence-electron chi connectivity index (χ0n) is 12.6. The fourth-order valence-electron chi connectivity index (χ4n) is 2.17. The number of hydrogen-bond donors (Lipinski definition) is 1. The minimum Gasteiger partial charge on any atom is -0.494 e. The van der Waals surface area contributed by atoms with E-state index in [1.807, 2.05) is 55.3 Å². The average molecular weight is 302 g/mol. The zero-order valence-corrected chi connectivity index (χ0v) is 13.4. The number of nitrogens with one attached hydrogen (secondary N) is 1. The SMILES string of the molecule is CCNC(CSc1ccncc1)c1ccccc1OCC. The van der Waals surface area contributed by atoms with E-state index in [2.05, 4.69) is 29.4 Å². The number of aromatic nitrogens is 1. The second kappa shape index (κ2) is 8.70. The van der Waals surface area contributed by atoms with E-state index in [1.165, 1.54) is 10.5 Å². The van der Waals surface area contributed by atoms with Gasteiger partial charge in [0.05, 0.1) is 6.61 Å². The Bertz CT molecular complexity index is 533. The van der Waals surface area contributed by atoms with Gasteiger partial charge in [-0.25, -0.2) is 0 Å². The molecule has 0 amide bonds. The lowest BCUT2D eigenvalue weighted by atomic mass is 10.1. The third-order valence-electron chi connectivity index (χ3n) is 3.11. The van der Waals surface area contributed by atoms with Crippen LogP contribution >= 0.6 is 11.8 Å². The summed E-state index contributed by atoms with van der Waals surface area (Å²) in [6.07, 6.45) is 3.66. The number of benzene rings is 1. The van der Waals surface area contributed by atoms with Gasteiger partial charge in [-0.3, -0.25) is 4.98 Å². The van der Waals surface area contributed by atoms with Crippen LogP contribution in [0.15, 0.2) is 53.7 Å². The van der Waals surface area contributed by atoms with E-state index in [9.17, 15) is 0 Å². The fourth-order valence-corrected chi connectivity index (χ4v) is 3.15. The van der Waals surface area contributed by atoms with E-state index in [0.717, 1.165) is 18.0 Å². The Morgan fingerprint density at radius 2 is 1.90 bits per heavy atom. The monoisotopic (exact) mass is 302 g/mol. The smallest absolute Gasteiger partial charge is 0.124 e. The summed E-state index contributed by atoms with van der Waals surface area (Å²) in [6, 6.07) is 12.6. The lowest BCUT2D eigenvalue weighted by Gasteiger charge is -2.21. The number of nitrogens with zero attached hydrogens (tertiary/aromatic N) is 1. The molecular weight excluding hydrogens is 280 g/mol. The van der Waals surface area contributed by atoms with Gasteiger partial charge in [0.25, 0.3) is 0 Å². The molecule has 3 nitrogen and oxygen atoms in total. The van der Waals surface area contributed by atoms with Crippen LogP contribution in [0.1, 0.15) is 25.5 Å². The molecule has 0 spiro atoms. The maximum Gasteiger partial charge on any atom is 0.124 e. The lowest BCUT2D eigenvalue weighted by molar-refractivity contribution is 0.333. The second-order valence-electron chi connectivity index (χ2n) is 4.58. The van der Waals surface area contributed by atoms with Crippen LogP contribution in [0, 0.1) is 0 Å². The van der Waals surface area contributed by atoms with E-state index in [0.29, 0.717) is 6.61 Å². The Balaban J connectivity index is 2.11. The first-order valence-corrected chi connectivity index (χ1v) is 8.31. The highest BCUT2D eigenvalue weighted by molar-refractivity contribution is 7.99. The molecule has 2 aromatic rings. The average Bonchev–Trinajstić information content (AvgIpc) is 2.53. The third-order valence-corrected chi connectivity index (χ3v) is 4.22. The Kier molecular flexibility index (Phi) is 6.57. The molecule has 0 radical (unpaired) electrons. The quantitative estimate of drug-likeness (QED) is 0.749. The van der Waals surface area contributed by atoms with Crippen molar-refractivity contribution < 1.29 is 4.74 Å². The van der Waals surface area contributed by atoms with Gasteiger partial charge in [-0.1, -0.05) is 25.1 Å². The molecule has 1 unspecified atom stereocenters. The summed E-state index contributed by atoms with van der Waals surface area (Å²) in [5.74, 6) is 1.93. The number of para-hydroxylation sites is 1. The second-order valence-corrected chi connectivity index (χ2v) is 5.67. The fraction of sp³-hybridized carbons (Fsp3) is 0.353. The molecule has 112 valence electrons. The van der Waals surface area contributed by atoms with Crippen molar-refractivity contribution in [3.63, 3.8) is 0 Å². The van der Waals surface area contributed by atoms with Crippen LogP contribution in [0.5, 0.6) is 5.75 Å². The van der Waals surface area contributed by atoms with Crippen LogP contribution in [0.3, 0.4) is 0 Å². The molecule has 21 heavy (non-hydrogen) atoms. The Hall–Kier alpha value is -1.52. The molecule has 0 saturated heterocycles. The van der Waals surface area contributed by atoms with Gasteiger partial charge >= 0.3 is 0 Å². The van der Waals surface area contributed by atoms with Gasteiger partial charge in [-0.15, -0.1) is 11.8 Å². The van der Waals surface area contributed by atoms with Crippen LogP contribution in [-0.2, 0) is 0 Å². The van der Waals surface area contributed by atoms with Crippen LogP contribution in [0.25, 0.3) is 0 Å². The molecular formula is C17H22N2OS. The summed E-state index contributed by atoms with van der Waals surface area (Å²) in [5.41, 5.74) is 1.22. The van der Waals surface area contributed by atoms with Gasteiger partial charge in [0, 0.05) is 34.6 Å². The van der Waals surface area contributed by atoms with Gasteiger partial charge in [-0.2, -0.15) is 0 Å². The summed E-state index contributed by atoms with van der Waals surface area (Å²) >= 11 is 1.83. The topological polar surface area (TPSA) is 34.2 Å². The van der Waals surface area contributed by atoms with E-state index >= 15 is 0 Å². The van der Waals surface area contributed by atoms with Gasteiger partial charge < -0.3 is 10.1 Å². The van der Waals surface area contributed by atoms with E-state index in [4.69, 9.17) is 4.74 Å². The molecule has 1 N–H and O–H groups in total. The lowest BCUT2D eigenvalue weighted by Crippen LogP contribution is -2.23. The van der Waals surface area contributed by atoms with Crippen molar-refractivity contribution >= 4 is 11.8 Å². The van der Waals surface area contributed by atoms with E-state index < -0.39 is 0 Å². The van der Waals surface area contributed by atoms with Gasteiger partial charge in [0.1, 0.15) is 5.75 Å². The largest absolute Gasteiger partial charge is 0.494 e. The molecule has 0 saturated carbocycles. The first-order chi connectivity index (χ1) is 10.3. The molecule has 1 aromatic heterocycles. The van der Waals surface area contributed by atoms with Crippen LogP contribution in [0.2, 0.25) is 0 Å². The number of ether oxygens (including phenoxy) is 1. The highest BCUT2D eigenvalue weighted by Gasteiger charge is 2.15. The summed E-state index contributed by atoms with van der Waals surface area (Å²) in [7, 11) is 0. The molecule has 1 aromatic carbocycles. The Morgan fingerprint density at radius 3 is 2.62 bits per heavy atom. The maximum absolute atomic E-state index is 5.76. The van der Waals surface area contributed by atoms with Crippen LogP contribution in [0.4, 0.5) is 0 Å². The number of thioether (sulfide) groups is 1. The molecule has 0 aliphatic carbocycles. The number of hydrogen-bond acceptors (Lipinski definition) is 4. The molecule has 1 heterocycles. The highest BCUT2D eigenvalue weighted by Crippen LogP contribution is 2.30. The molecule has 0 aliphatic heterocycles. The van der Waals surface area contributed by atoms with Crippen molar-refractivity contribution in [1.82, 2.24) is 10.3 Å². The number of rotatable bonds is 8. The standard InChI is InChI=1S/C17H22N2OS/c1-3-19-16(13-21-14-9-11-18-12-10-14)15-7-5-6-8-17(15)20-4-2/h5-12,16,19H,3-4,13H2,1-2H3. The normalized spacial score (nSPS) is 12.1. The van der Waals surface area contributed by atoms with Gasteiger partial charge in [0.15, 0.2) is 0 Å². The van der Waals surface area contributed by atoms with Gasteiger partial charge in [0.2, 0.25) is 0 Å². The molecule has 4 heteroatoms. The minimum atomic E-state index is 0.274. The summed E-state index contributed by atoms with van der Waals surface area (Å²) < 4.78 is 5.76. The van der Waals surface area contributed by atoms with Crippen molar-refractivity contribution in [2.45, 2.75) is 24.8 Å². The zero-order chi connectivity index (χ0) is 14.9. The van der Waals surface area contributed by atoms with Crippen molar-refractivity contribution in [3.05, 3.63) is 54.4 Å². The Labute approximate surface area is 131 Å². The highest BCUT2D eigenvalue weighted by atomic mass is 32.2.